The number of carbonyl (C=O) groups is 1. The molecule has 2 saturated heterocycles. The molecule has 1 aliphatic carbocycles. The van der Waals surface area contributed by atoms with Gasteiger partial charge in [-0.1, -0.05) is 6.92 Å². The number of hydrogen-bond acceptors (Lipinski definition) is 3. The normalized spacial score (nSPS) is 34.5. The summed E-state index contributed by atoms with van der Waals surface area (Å²) in [5, 5.41) is 6.78. The molecule has 2 atom stereocenters. The molecular formula is C15H27N3O. The Bertz CT molecular complexity index is 315. The SMILES string of the molecule is CCCNC1CC2CCC(C1)N2CC(=O)NC1CC1. The number of piperidine rings is 1. The van der Waals surface area contributed by atoms with Crippen LogP contribution in [0, 0.1) is 0 Å². The summed E-state index contributed by atoms with van der Waals surface area (Å²) in [6.07, 6.45) is 8.60. The van der Waals surface area contributed by atoms with Crippen molar-refractivity contribution in [2.75, 3.05) is 13.1 Å². The highest BCUT2D eigenvalue weighted by Crippen LogP contribution is 2.35. The second-order valence-electron chi connectivity index (χ2n) is 6.52. The number of fused-ring (bicyclic) bond motifs is 2. The van der Waals surface area contributed by atoms with E-state index in [-0.39, 0.29) is 5.91 Å². The van der Waals surface area contributed by atoms with Crippen molar-refractivity contribution >= 4 is 5.91 Å². The monoisotopic (exact) mass is 265 g/mol. The second kappa shape index (κ2) is 5.80. The summed E-state index contributed by atoms with van der Waals surface area (Å²) in [7, 11) is 0. The Morgan fingerprint density at radius 3 is 2.37 bits per heavy atom. The van der Waals surface area contributed by atoms with E-state index in [1.165, 1.54) is 44.9 Å². The predicted molar refractivity (Wildman–Crippen MR) is 76.0 cm³/mol. The molecule has 4 heteroatoms. The van der Waals surface area contributed by atoms with Crippen molar-refractivity contribution in [3.05, 3.63) is 0 Å². The summed E-state index contributed by atoms with van der Waals surface area (Å²) >= 11 is 0. The van der Waals surface area contributed by atoms with Gasteiger partial charge in [0, 0.05) is 24.2 Å². The highest BCUT2D eigenvalue weighted by atomic mass is 16.2. The molecule has 2 heterocycles. The van der Waals surface area contributed by atoms with Gasteiger partial charge in [0.25, 0.3) is 0 Å². The molecule has 3 rings (SSSR count). The molecule has 2 unspecified atom stereocenters. The van der Waals surface area contributed by atoms with Crippen LogP contribution in [0.4, 0.5) is 0 Å². The maximum absolute atomic E-state index is 12.0. The van der Waals surface area contributed by atoms with Gasteiger partial charge in [-0.2, -0.15) is 0 Å². The summed E-state index contributed by atoms with van der Waals surface area (Å²) in [6, 6.07) is 2.45. The van der Waals surface area contributed by atoms with E-state index in [1.54, 1.807) is 0 Å². The zero-order valence-corrected chi connectivity index (χ0v) is 12.0. The zero-order valence-electron chi connectivity index (χ0n) is 12.0. The standard InChI is InChI=1S/C15H27N3O/c1-2-7-16-12-8-13-5-6-14(9-12)18(13)10-15(19)17-11-3-4-11/h11-14,16H,2-10H2,1H3,(H,17,19). The molecule has 3 aliphatic rings. The summed E-state index contributed by atoms with van der Waals surface area (Å²) < 4.78 is 0. The Balaban J connectivity index is 1.49. The van der Waals surface area contributed by atoms with Crippen molar-refractivity contribution in [2.45, 2.75) is 76.0 Å². The van der Waals surface area contributed by atoms with Crippen LogP contribution in [0.5, 0.6) is 0 Å². The van der Waals surface area contributed by atoms with E-state index in [2.05, 4.69) is 22.5 Å². The molecule has 19 heavy (non-hydrogen) atoms. The first-order chi connectivity index (χ1) is 9.26. The van der Waals surface area contributed by atoms with Gasteiger partial charge in [-0.05, 0) is 51.5 Å². The minimum Gasteiger partial charge on any atom is -0.352 e. The van der Waals surface area contributed by atoms with Crippen LogP contribution in [-0.4, -0.2) is 48.1 Å². The molecule has 3 fully saturated rings. The highest BCUT2D eigenvalue weighted by molar-refractivity contribution is 5.78. The average Bonchev–Trinajstić information content (AvgIpc) is 3.16. The fourth-order valence-corrected chi connectivity index (χ4v) is 3.71. The minimum absolute atomic E-state index is 0.249. The maximum atomic E-state index is 12.0. The predicted octanol–water partition coefficient (Wildman–Crippen LogP) is 1.26. The Labute approximate surface area is 116 Å². The van der Waals surface area contributed by atoms with Gasteiger partial charge in [-0.15, -0.1) is 0 Å². The molecule has 1 amide bonds. The van der Waals surface area contributed by atoms with E-state index in [1.807, 2.05) is 0 Å². The van der Waals surface area contributed by atoms with Crippen LogP contribution in [0.2, 0.25) is 0 Å². The number of amides is 1. The van der Waals surface area contributed by atoms with Crippen molar-refractivity contribution in [3.8, 4) is 0 Å². The van der Waals surface area contributed by atoms with Gasteiger partial charge in [-0.25, -0.2) is 0 Å². The molecule has 0 aromatic rings. The number of rotatable bonds is 6. The van der Waals surface area contributed by atoms with Crippen LogP contribution in [0.25, 0.3) is 0 Å². The topological polar surface area (TPSA) is 44.4 Å². The molecule has 4 nitrogen and oxygen atoms in total. The van der Waals surface area contributed by atoms with Crippen molar-refractivity contribution in [2.24, 2.45) is 0 Å². The van der Waals surface area contributed by atoms with E-state index in [0.717, 1.165) is 6.54 Å². The van der Waals surface area contributed by atoms with Gasteiger partial charge in [0.2, 0.25) is 5.91 Å². The fourth-order valence-electron chi connectivity index (χ4n) is 3.71. The Kier molecular flexibility index (Phi) is 4.08. The molecular weight excluding hydrogens is 238 g/mol. The van der Waals surface area contributed by atoms with Crippen LogP contribution in [0.15, 0.2) is 0 Å². The molecule has 2 N–H and O–H groups in total. The van der Waals surface area contributed by atoms with Gasteiger partial charge >= 0.3 is 0 Å². The fraction of sp³-hybridized carbons (Fsp3) is 0.933. The molecule has 0 aromatic carbocycles. The van der Waals surface area contributed by atoms with E-state index in [4.69, 9.17) is 0 Å². The van der Waals surface area contributed by atoms with Gasteiger partial charge in [0.05, 0.1) is 6.54 Å². The number of carbonyl (C=O) groups excluding carboxylic acids is 1. The first-order valence-electron chi connectivity index (χ1n) is 8.04. The lowest BCUT2D eigenvalue weighted by atomic mass is 9.97. The summed E-state index contributed by atoms with van der Waals surface area (Å²) in [4.78, 5) is 14.4. The number of hydrogen-bond donors (Lipinski definition) is 2. The lowest BCUT2D eigenvalue weighted by Crippen LogP contribution is -2.52. The second-order valence-corrected chi connectivity index (χ2v) is 6.52. The van der Waals surface area contributed by atoms with Gasteiger partial charge in [-0.3, -0.25) is 9.69 Å². The van der Waals surface area contributed by atoms with Crippen molar-refractivity contribution < 1.29 is 4.79 Å². The van der Waals surface area contributed by atoms with Crippen LogP contribution in [-0.2, 0) is 4.79 Å². The molecule has 2 bridgehead atoms. The lowest BCUT2D eigenvalue weighted by Gasteiger charge is -2.38. The smallest absolute Gasteiger partial charge is 0.234 e. The Hall–Kier alpha value is -0.610. The Morgan fingerprint density at radius 1 is 1.11 bits per heavy atom. The number of nitrogens with one attached hydrogen (secondary N) is 2. The number of nitrogens with zero attached hydrogens (tertiary/aromatic N) is 1. The summed E-state index contributed by atoms with van der Waals surface area (Å²) in [5.74, 6) is 0.249. The Morgan fingerprint density at radius 2 is 1.79 bits per heavy atom. The molecule has 0 radical (unpaired) electrons. The quantitative estimate of drug-likeness (QED) is 0.760. The zero-order chi connectivity index (χ0) is 13.2. The van der Waals surface area contributed by atoms with Gasteiger partial charge in [0.15, 0.2) is 0 Å². The summed E-state index contributed by atoms with van der Waals surface area (Å²) in [6.45, 7) is 3.98. The molecule has 0 spiro atoms. The van der Waals surface area contributed by atoms with E-state index < -0.39 is 0 Å². The van der Waals surface area contributed by atoms with Crippen LogP contribution in [0.1, 0.15) is 51.9 Å². The highest BCUT2D eigenvalue weighted by Gasteiger charge is 2.41. The van der Waals surface area contributed by atoms with Gasteiger partial charge < -0.3 is 10.6 Å². The molecule has 1 saturated carbocycles. The molecule has 108 valence electrons. The third-order valence-electron chi connectivity index (χ3n) is 4.84. The van der Waals surface area contributed by atoms with Crippen LogP contribution >= 0.6 is 0 Å². The molecule has 0 aromatic heterocycles. The first-order valence-corrected chi connectivity index (χ1v) is 8.04. The maximum Gasteiger partial charge on any atom is 0.234 e. The van der Waals surface area contributed by atoms with Crippen molar-refractivity contribution in [3.63, 3.8) is 0 Å². The van der Waals surface area contributed by atoms with E-state index in [9.17, 15) is 4.79 Å². The van der Waals surface area contributed by atoms with Crippen molar-refractivity contribution in [1.29, 1.82) is 0 Å². The summed E-state index contributed by atoms with van der Waals surface area (Å²) in [5.41, 5.74) is 0. The van der Waals surface area contributed by atoms with E-state index >= 15 is 0 Å². The average molecular weight is 265 g/mol. The van der Waals surface area contributed by atoms with Crippen molar-refractivity contribution in [1.82, 2.24) is 15.5 Å². The lowest BCUT2D eigenvalue weighted by molar-refractivity contribution is -0.123. The van der Waals surface area contributed by atoms with Gasteiger partial charge in [0.1, 0.15) is 0 Å². The first kappa shape index (κ1) is 13.4. The van der Waals surface area contributed by atoms with Crippen LogP contribution in [0.3, 0.4) is 0 Å². The minimum atomic E-state index is 0.249. The third-order valence-corrected chi connectivity index (χ3v) is 4.84. The molecule has 2 aliphatic heterocycles. The third kappa shape index (κ3) is 3.29. The van der Waals surface area contributed by atoms with E-state index in [0.29, 0.717) is 30.7 Å². The van der Waals surface area contributed by atoms with Crippen LogP contribution < -0.4 is 10.6 Å². The largest absolute Gasteiger partial charge is 0.352 e.